The molecule has 2 rings (SSSR count). The molecule has 0 saturated carbocycles. The van der Waals surface area contributed by atoms with Gasteiger partial charge in [-0.15, -0.1) is 6.58 Å². The molecule has 1 heterocycles. The van der Waals surface area contributed by atoms with E-state index in [1.807, 2.05) is 20.8 Å². The number of nitrogens with zero attached hydrogens (tertiary/aromatic N) is 1. The summed E-state index contributed by atoms with van der Waals surface area (Å²) < 4.78 is 37.2. The third-order valence-corrected chi connectivity index (χ3v) is 7.83. The van der Waals surface area contributed by atoms with Gasteiger partial charge in [-0.3, -0.25) is 0 Å². The second-order valence-corrected chi connectivity index (χ2v) is 10.4. The van der Waals surface area contributed by atoms with Crippen molar-refractivity contribution in [2.24, 2.45) is 5.41 Å². The monoisotopic (exact) mass is 359 g/mol. The van der Waals surface area contributed by atoms with Crippen LogP contribution in [0.3, 0.4) is 0 Å². The third kappa shape index (κ3) is 3.99. The predicted octanol–water partition coefficient (Wildman–Crippen LogP) is 2.28. The lowest BCUT2D eigenvalue weighted by atomic mass is 9.97. The molecule has 1 saturated heterocycles. The van der Waals surface area contributed by atoms with E-state index >= 15 is 0 Å². The lowest BCUT2D eigenvalue weighted by Gasteiger charge is -2.41. The van der Waals surface area contributed by atoms with Crippen LogP contribution in [0.5, 0.6) is 0 Å². The van der Waals surface area contributed by atoms with Gasteiger partial charge in [-0.1, -0.05) is 37.6 Å². The number of aryl methyl sites for hydroxylation is 1. The van der Waals surface area contributed by atoms with E-state index < -0.39 is 18.1 Å². The molecule has 0 N–H and O–H groups in total. The zero-order valence-electron chi connectivity index (χ0n) is 13.6. The molecule has 0 radical (unpaired) electrons. The van der Waals surface area contributed by atoms with E-state index in [1.54, 1.807) is 12.1 Å². The van der Waals surface area contributed by atoms with Gasteiger partial charge in [0.15, 0.2) is 0 Å². The van der Waals surface area contributed by atoms with Crippen molar-refractivity contribution in [2.45, 2.75) is 25.7 Å². The smallest absolute Gasteiger partial charge is 0.329 e. The van der Waals surface area contributed by atoms with Crippen LogP contribution in [-0.4, -0.2) is 32.3 Å². The van der Waals surface area contributed by atoms with Crippen molar-refractivity contribution in [3.63, 3.8) is 0 Å². The molecule has 0 bridgehead atoms. The Morgan fingerprint density at radius 1 is 1.30 bits per heavy atom. The molecule has 8 heteroatoms. The van der Waals surface area contributed by atoms with Crippen molar-refractivity contribution in [1.82, 2.24) is 4.08 Å². The van der Waals surface area contributed by atoms with Crippen LogP contribution in [0.4, 0.5) is 0 Å². The summed E-state index contributed by atoms with van der Waals surface area (Å²) in [6.07, 6.45) is 1.36. The number of rotatable bonds is 5. The molecule has 0 unspecified atom stereocenters. The van der Waals surface area contributed by atoms with Gasteiger partial charge in [0, 0.05) is 5.41 Å². The molecular formula is C15H22NO5PS. The van der Waals surface area contributed by atoms with Crippen LogP contribution in [0.2, 0.25) is 0 Å². The zero-order chi connectivity index (χ0) is 17.3. The fourth-order valence-corrected chi connectivity index (χ4v) is 6.31. The van der Waals surface area contributed by atoms with Crippen LogP contribution in [0.25, 0.3) is 0 Å². The first-order valence-electron chi connectivity index (χ1n) is 7.21. The molecule has 1 aliphatic heterocycles. The molecule has 23 heavy (non-hydrogen) atoms. The minimum absolute atomic E-state index is 0.0391. The largest absolute Gasteiger partial charge is 0.615 e. The highest BCUT2D eigenvalue weighted by atomic mass is 32.2. The van der Waals surface area contributed by atoms with Crippen molar-refractivity contribution >= 4 is 18.1 Å². The topological polar surface area (TPSA) is 78.9 Å². The Morgan fingerprint density at radius 2 is 1.83 bits per heavy atom. The van der Waals surface area contributed by atoms with Crippen LogP contribution in [0, 0.1) is 12.3 Å². The highest BCUT2D eigenvalue weighted by molar-refractivity contribution is 7.94. The Labute approximate surface area is 138 Å². The summed E-state index contributed by atoms with van der Waals surface area (Å²) in [5.74, 6) is 0. The SMILES string of the molecule is C=CCN([P+]1([O-])OCC(C)(C)CO1)S(=O)(=O)c1ccc(C)cc1. The van der Waals surface area contributed by atoms with Crippen LogP contribution in [0.1, 0.15) is 19.4 Å². The molecule has 6 nitrogen and oxygen atoms in total. The second-order valence-electron chi connectivity index (χ2n) is 6.29. The molecule has 0 spiro atoms. The van der Waals surface area contributed by atoms with E-state index in [1.165, 1.54) is 18.2 Å². The molecule has 0 aliphatic carbocycles. The summed E-state index contributed by atoms with van der Waals surface area (Å²) in [6.45, 7) is 9.33. The maximum absolute atomic E-state index is 13.0. The lowest BCUT2D eigenvalue weighted by Crippen LogP contribution is -2.44. The molecular weight excluding hydrogens is 337 g/mol. The summed E-state index contributed by atoms with van der Waals surface area (Å²) in [5, 5.41) is 0. The molecule has 0 atom stereocenters. The molecule has 1 fully saturated rings. The van der Waals surface area contributed by atoms with Crippen LogP contribution in [-0.2, 0) is 19.1 Å². The average molecular weight is 359 g/mol. The Kier molecular flexibility index (Phi) is 5.31. The van der Waals surface area contributed by atoms with E-state index in [2.05, 4.69) is 6.58 Å². The van der Waals surface area contributed by atoms with Crippen LogP contribution in [0.15, 0.2) is 41.8 Å². The van der Waals surface area contributed by atoms with Gasteiger partial charge in [-0.25, -0.2) is 8.42 Å². The summed E-state index contributed by atoms with van der Waals surface area (Å²) >= 11 is 0. The van der Waals surface area contributed by atoms with Gasteiger partial charge in [0.05, 0.1) is 11.4 Å². The molecule has 0 aromatic heterocycles. The molecule has 1 aromatic carbocycles. The van der Waals surface area contributed by atoms with Crippen molar-refractivity contribution in [2.75, 3.05) is 19.8 Å². The van der Waals surface area contributed by atoms with Crippen molar-refractivity contribution in [3.05, 3.63) is 42.5 Å². The van der Waals surface area contributed by atoms with E-state index in [0.29, 0.717) is 0 Å². The van der Waals surface area contributed by atoms with Gasteiger partial charge >= 0.3 is 8.09 Å². The maximum atomic E-state index is 13.0. The molecule has 1 aliphatic rings. The van der Waals surface area contributed by atoms with Gasteiger partial charge in [0.2, 0.25) is 0 Å². The van der Waals surface area contributed by atoms with Gasteiger partial charge in [-0.05, 0) is 23.1 Å². The number of sulfonamides is 1. The number of hydrogen-bond donors (Lipinski definition) is 0. The van der Waals surface area contributed by atoms with Crippen LogP contribution >= 0.6 is 8.09 Å². The van der Waals surface area contributed by atoms with Gasteiger partial charge in [-0.2, -0.15) is 9.05 Å². The van der Waals surface area contributed by atoms with E-state index in [-0.39, 0.29) is 30.1 Å². The fourth-order valence-electron chi connectivity index (χ4n) is 1.99. The quantitative estimate of drug-likeness (QED) is 0.595. The second kappa shape index (κ2) is 6.59. The first-order valence-corrected chi connectivity index (χ1v) is 10.1. The Bertz CT molecular complexity index is 662. The fraction of sp³-hybridized carbons (Fsp3) is 0.467. The van der Waals surface area contributed by atoms with Gasteiger partial charge in [0.25, 0.3) is 10.0 Å². The summed E-state index contributed by atoms with van der Waals surface area (Å²) in [4.78, 5) is 13.0. The highest BCUT2D eigenvalue weighted by Crippen LogP contribution is 2.61. The summed E-state index contributed by atoms with van der Waals surface area (Å²) in [5.41, 5.74) is 0.610. The number of hydrogen-bond acceptors (Lipinski definition) is 5. The third-order valence-electron chi connectivity index (χ3n) is 3.39. The average Bonchev–Trinajstić information content (AvgIpc) is 2.48. The molecule has 128 valence electrons. The Balaban J connectivity index is 2.37. The maximum Gasteiger partial charge on any atom is 0.329 e. The summed E-state index contributed by atoms with van der Waals surface area (Å²) in [7, 11) is -7.97. The van der Waals surface area contributed by atoms with Crippen molar-refractivity contribution < 1.29 is 22.4 Å². The Hall–Kier alpha value is -0.820. The number of benzene rings is 1. The van der Waals surface area contributed by atoms with Gasteiger partial charge < -0.3 is 4.89 Å². The van der Waals surface area contributed by atoms with E-state index in [0.717, 1.165) is 9.64 Å². The predicted molar refractivity (Wildman–Crippen MR) is 87.9 cm³/mol. The first-order chi connectivity index (χ1) is 10.6. The lowest BCUT2D eigenvalue weighted by molar-refractivity contribution is -0.244. The standard InChI is InChI=1S/C15H22NO5PS/c1-5-10-16(22(17)20-11-15(3,4)12-21-22)23(18,19)14-8-6-13(2)7-9-14/h5-9H,1,10-12H2,2-4H3. The minimum atomic E-state index is -4.03. The van der Waals surface area contributed by atoms with Crippen molar-refractivity contribution in [3.8, 4) is 0 Å². The van der Waals surface area contributed by atoms with Crippen LogP contribution < -0.4 is 4.89 Å². The zero-order valence-corrected chi connectivity index (χ0v) is 15.3. The summed E-state index contributed by atoms with van der Waals surface area (Å²) in [6, 6.07) is 6.31. The normalized spacial score (nSPS) is 20.4. The molecule has 0 amide bonds. The Morgan fingerprint density at radius 3 is 2.30 bits per heavy atom. The van der Waals surface area contributed by atoms with Gasteiger partial charge in [0.1, 0.15) is 13.2 Å². The van der Waals surface area contributed by atoms with Crippen molar-refractivity contribution in [1.29, 1.82) is 0 Å². The minimum Gasteiger partial charge on any atom is -0.615 e. The van der Waals surface area contributed by atoms with E-state index in [4.69, 9.17) is 9.05 Å². The first kappa shape index (κ1) is 18.5. The van der Waals surface area contributed by atoms with E-state index in [9.17, 15) is 13.3 Å². The highest BCUT2D eigenvalue weighted by Gasteiger charge is 2.52. The molecule has 1 aromatic rings.